The number of phenolic OH excluding ortho intramolecular Hbond substituents is 1. The maximum Gasteiger partial charge on any atom is 0.123 e. The Morgan fingerprint density at radius 2 is 1.92 bits per heavy atom. The summed E-state index contributed by atoms with van der Waals surface area (Å²) in [6.07, 6.45) is 4.27. The van der Waals surface area contributed by atoms with Crippen molar-refractivity contribution in [2.75, 3.05) is 6.54 Å². The Morgan fingerprint density at radius 3 is 2.71 bits per heavy atom. The molecule has 1 heterocycles. The van der Waals surface area contributed by atoms with Crippen LogP contribution in [0.15, 0.2) is 67.0 Å². The van der Waals surface area contributed by atoms with Crippen molar-refractivity contribution >= 4 is 0 Å². The fourth-order valence-corrected chi connectivity index (χ4v) is 2.59. The fourth-order valence-electron chi connectivity index (χ4n) is 2.59. The standard InChI is InChI=1S/C20H19FN2O/c21-19-5-1-3-15(11-19)8-10-23-14-18-12-16(6-7-20(18)24)17-4-2-9-22-13-17/h1-7,9,11-13,23-24H,8,10,14H2. The largest absolute Gasteiger partial charge is 0.508 e. The molecule has 0 aliphatic rings. The molecule has 3 rings (SSSR count). The highest BCUT2D eigenvalue weighted by Gasteiger charge is 2.05. The summed E-state index contributed by atoms with van der Waals surface area (Å²) in [6, 6.07) is 16.0. The minimum atomic E-state index is -0.214. The maximum atomic E-state index is 13.1. The monoisotopic (exact) mass is 322 g/mol. The van der Waals surface area contributed by atoms with E-state index in [0.717, 1.165) is 28.7 Å². The third kappa shape index (κ3) is 4.18. The van der Waals surface area contributed by atoms with E-state index in [1.807, 2.05) is 30.3 Å². The van der Waals surface area contributed by atoms with Crippen LogP contribution in [-0.4, -0.2) is 16.6 Å². The number of nitrogens with one attached hydrogen (secondary N) is 1. The van der Waals surface area contributed by atoms with Gasteiger partial charge in [-0.05, 0) is 54.4 Å². The Morgan fingerprint density at radius 1 is 1.00 bits per heavy atom. The number of aromatic nitrogens is 1. The van der Waals surface area contributed by atoms with E-state index in [-0.39, 0.29) is 11.6 Å². The van der Waals surface area contributed by atoms with Crippen molar-refractivity contribution in [3.63, 3.8) is 0 Å². The van der Waals surface area contributed by atoms with Crippen molar-refractivity contribution in [2.24, 2.45) is 0 Å². The maximum absolute atomic E-state index is 13.1. The Hall–Kier alpha value is -2.72. The average Bonchev–Trinajstić information content (AvgIpc) is 2.61. The highest BCUT2D eigenvalue weighted by atomic mass is 19.1. The molecule has 2 N–H and O–H groups in total. The van der Waals surface area contributed by atoms with Crippen LogP contribution in [-0.2, 0) is 13.0 Å². The molecular formula is C20H19FN2O. The zero-order chi connectivity index (χ0) is 16.8. The van der Waals surface area contributed by atoms with Gasteiger partial charge >= 0.3 is 0 Å². The van der Waals surface area contributed by atoms with E-state index in [4.69, 9.17) is 0 Å². The zero-order valence-electron chi connectivity index (χ0n) is 13.2. The number of halogens is 1. The zero-order valence-corrected chi connectivity index (χ0v) is 13.2. The van der Waals surface area contributed by atoms with Crippen LogP contribution in [0, 0.1) is 5.82 Å². The van der Waals surface area contributed by atoms with Crippen molar-refractivity contribution in [2.45, 2.75) is 13.0 Å². The first-order valence-electron chi connectivity index (χ1n) is 7.90. The summed E-state index contributed by atoms with van der Waals surface area (Å²) in [5.41, 5.74) is 3.81. The van der Waals surface area contributed by atoms with Gasteiger partial charge in [0.1, 0.15) is 11.6 Å². The highest BCUT2D eigenvalue weighted by molar-refractivity contribution is 5.64. The molecule has 3 nitrogen and oxygen atoms in total. The molecule has 0 aliphatic carbocycles. The lowest BCUT2D eigenvalue weighted by Crippen LogP contribution is -2.16. The van der Waals surface area contributed by atoms with Crippen LogP contribution in [0.3, 0.4) is 0 Å². The van der Waals surface area contributed by atoms with Crippen molar-refractivity contribution < 1.29 is 9.50 Å². The summed E-state index contributed by atoms with van der Waals surface area (Å²) in [4.78, 5) is 4.12. The first-order valence-corrected chi connectivity index (χ1v) is 7.90. The third-order valence-corrected chi connectivity index (χ3v) is 3.87. The number of phenols is 1. The predicted octanol–water partition coefficient (Wildman–Crippen LogP) is 3.93. The molecule has 0 unspecified atom stereocenters. The van der Waals surface area contributed by atoms with E-state index < -0.39 is 0 Å². The molecule has 0 fully saturated rings. The van der Waals surface area contributed by atoms with Gasteiger partial charge in [0.25, 0.3) is 0 Å². The van der Waals surface area contributed by atoms with Gasteiger partial charge < -0.3 is 10.4 Å². The number of hydrogen-bond acceptors (Lipinski definition) is 3. The van der Waals surface area contributed by atoms with Crippen LogP contribution in [0.4, 0.5) is 4.39 Å². The number of hydrogen-bond donors (Lipinski definition) is 2. The van der Waals surface area contributed by atoms with Gasteiger partial charge in [-0.25, -0.2) is 4.39 Å². The van der Waals surface area contributed by atoms with Crippen molar-refractivity contribution in [3.05, 3.63) is 83.9 Å². The van der Waals surface area contributed by atoms with Crippen LogP contribution in [0.25, 0.3) is 11.1 Å². The van der Waals surface area contributed by atoms with Gasteiger partial charge in [0.2, 0.25) is 0 Å². The topological polar surface area (TPSA) is 45.2 Å². The second kappa shape index (κ2) is 7.70. The smallest absolute Gasteiger partial charge is 0.123 e. The lowest BCUT2D eigenvalue weighted by atomic mass is 10.0. The summed E-state index contributed by atoms with van der Waals surface area (Å²) in [5.74, 6) is 0.0511. The van der Waals surface area contributed by atoms with Crippen LogP contribution < -0.4 is 5.32 Å². The minimum Gasteiger partial charge on any atom is -0.508 e. The molecule has 1 aromatic heterocycles. The molecule has 0 saturated heterocycles. The van der Waals surface area contributed by atoms with E-state index in [2.05, 4.69) is 10.3 Å². The Kier molecular flexibility index (Phi) is 5.18. The van der Waals surface area contributed by atoms with Gasteiger partial charge in [-0.1, -0.05) is 24.3 Å². The highest BCUT2D eigenvalue weighted by Crippen LogP contribution is 2.25. The molecule has 0 radical (unpaired) electrons. The first-order chi connectivity index (χ1) is 11.7. The van der Waals surface area contributed by atoms with Gasteiger partial charge in [0, 0.05) is 30.1 Å². The van der Waals surface area contributed by atoms with Gasteiger partial charge in [-0.15, -0.1) is 0 Å². The Balaban J connectivity index is 1.61. The molecule has 2 aromatic carbocycles. The summed E-state index contributed by atoms with van der Waals surface area (Å²) in [6.45, 7) is 1.26. The molecule has 4 heteroatoms. The van der Waals surface area contributed by atoms with E-state index in [1.165, 1.54) is 6.07 Å². The number of aromatic hydroxyl groups is 1. The SMILES string of the molecule is Oc1ccc(-c2cccnc2)cc1CNCCc1cccc(F)c1. The quantitative estimate of drug-likeness (QED) is 0.676. The predicted molar refractivity (Wildman–Crippen MR) is 93.1 cm³/mol. The second-order valence-electron chi connectivity index (χ2n) is 5.64. The number of pyridine rings is 1. The normalized spacial score (nSPS) is 10.7. The van der Waals surface area contributed by atoms with Gasteiger partial charge in [0.15, 0.2) is 0 Å². The summed E-state index contributed by atoms with van der Waals surface area (Å²) in [5, 5.41) is 13.3. The molecule has 24 heavy (non-hydrogen) atoms. The number of benzene rings is 2. The summed E-state index contributed by atoms with van der Waals surface area (Å²) in [7, 11) is 0. The molecule has 0 aliphatic heterocycles. The van der Waals surface area contributed by atoms with E-state index in [0.29, 0.717) is 13.1 Å². The molecule has 0 atom stereocenters. The molecule has 3 aromatic rings. The number of nitrogens with zero attached hydrogens (tertiary/aromatic N) is 1. The van der Waals surface area contributed by atoms with Crippen LogP contribution in [0.2, 0.25) is 0 Å². The minimum absolute atomic E-state index is 0.214. The molecule has 122 valence electrons. The van der Waals surface area contributed by atoms with Crippen molar-refractivity contribution in [3.8, 4) is 16.9 Å². The second-order valence-corrected chi connectivity index (χ2v) is 5.64. The molecule has 0 amide bonds. The van der Waals surface area contributed by atoms with Crippen LogP contribution >= 0.6 is 0 Å². The van der Waals surface area contributed by atoms with Crippen molar-refractivity contribution in [1.82, 2.24) is 10.3 Å². The average molecular weight is 322 g/mol. The lowest BCUT2D eigenvalue weighted by molar-refractivity contribution is 0.464. The van der Waals surface area contributed by atoms with Crippen LogP contribution in [0.1, 0.15) is 11.1 Å². The van der Waals surface area contributed by atoms with E-state index in [9.17, 15) is 9.50 Å². The Bertz CT molecular complexity index is 806. The molecule has 0 spiro atoms. The Labute approximate surface area is 140 Å². The van der Waals surface area contributed by atoms with Crippen LogP contribution in [0.5, 0.6) is 5.75 Å². The van der Waals surface area contributed by atoms with Gasteiger partial charge in [0.05, 0.1) is 0 Å². The third-order valence-electron chi connectivity index (χ3n) is 3.87. The van der Waals surface area contributed by atoms with E-state index in [1.54, 1.807) is 30.6 Å². The van der Waals surface area contributed by atoms with Crippen molar-refractivity contribution in [1.29, 1.82) is 0 Å². The van der Waals surface area contributed by atoms with Gasteiger partial charge in [-0.3, -0.25) is 4.98 Å². The molecule has 0 bridgehead atoms. The number of rotatable bonds is 6. The lowest BCUT2D eigenvalue weighted by Gasteiger charge is -2.09. The summed E-state index contributed by atoms with van der Waals surface area (Å²) < 4.78 is 13.1. The summed E-state index contributed by atoms with van der Waals surface area (Å²) >= 11 is 0. The molecule has 0 saturated carbocycles. The fraction of sp³-hybridized carbons (Fsp3) is 0.150. The van der Waals surface area contributed by atoms with E-state index >= 15 is 0 Å². The van der Waals surface area contributed by atoms with Gasteiger partial charge in [-0.2, -0.15) is 0 Å². The first kappa shape index (κ1) is 16.1. The molecular weight excluding hydrogens is 303 g/mol.